The molecule has 0 aliphatic heterocycles. The van der Waals surface area contributed by atoms with E-state index in [1.54, 1.807) is 17.7 Å². The van der Waals surface area contributed by atoms with Crippen LogP contribution in [0.4, 0.5) is 5.82 Å². The van der Waals surface area contributed by atoms with Gasteiger partial charge in [-0.2, -0.15) is 0 Å². The lowest BCUT2D eigenvalue weighted by atomic mass is 10.1. The molecule has 4 rings (SSSR count). The van der Waals surface area contributed by atoms with Crippen LogP contribution in [-0.2, 0) is 0 Å². The summed E-state index contributed by atoms with van der Waals surface area (Å²) < 4.78 is 0. The van der Waals surface area contributed by atoms with Crippen LogP contribution >= 0.6 is 22.9 Å². The zero-order chi connectivity index (χ0) is 13.5. The average Bonchev–Trinajstić information content (AvgIpc) is 3.16. The molecule has 1 aromatic carbocycles. The van der Waals surface area contributed by atoms with Crippen molar-refractivity contribution in [2.45, 2.75) is 18.9 Å². The van der Waals surface area contributed by atoms with Gasteiger partial charge in [-0.15, -0.1) is 11.3 Å². The molecular formula is C15H12ClN3S. The first-order valence-corrected chi connectivity index (χ1v) is 7.82. The number of thiophene rings is 1. The number of nitrogens with zero attached hydrogens (tertiary/aromatic N) is 2. The normalized spacial score (nSPS) is 14.7. The standard InChI is InChI=1S/C15H12ClN3S/c16-12-4-2-1-3-10(12)11-7-20-15-13(11)14(17-8-18-15)19-9-5-6-9/h1-4,7-9H,5-6H2,(H,17,18,19). The van der Waals surface area contributed by atoms with Gasteiger partial charge in [0.2, 0.25) is 0 Å². The first-order chi connectivity index (χ1) is 9.83. The number of halogens is 1. The molecule has 1 aliphatic carbocycles. The number of rotatable bonds is 3. The zero-order valence-electron chi connectivity index (χ0n) is 10.6. The molecule has 2 aromatic heterocycles. The maximum Gasteiger partial charge on any atom is 0.139 e. The van der Waals surface area contributed by atoms with Crippen molar-refractivity contribution in [2.75, 3.05) is 5.32 Å². The average molecular weight is 302 g/mol. The van der Waals surface area contributed by atoms with E-state index in [9.17, 15) is 0 Å². The Balaban J connectivity index is 1.93. The van der Waals surface area contributed by atoms with Crippen molar-refractivity contribution >= 4 is 39.0 Å². The molecule has 3 nitrogen and oxygen atoms in total. The molecule has 0 amide bonds. The molecule has 1 aliphatic rings. The van der Waals surface area contributed by atoms with Gasteiger partial charge in [0.1, 0.15) is 17.0 Å². The maximum absolute atomic E-state index is 6.33. The molecule has 20 heavy (non-hydrogen) atoms. The third kappa shape index (κ3) is 2.05. The second kappa shape index (κ2) is 4.72. The monoisotopic (exact) mass is 301 g/mol. The number of anilines is 1. The number of benzene rings is 1. The van der Waals surface area contributed by atoms with Crippen molar-refractivity contribution in [2.24, 2.45) is 0 Å². The molecule has 1 N–H and O–H groups in total. The van der Waals surface area contributed by atoms with Crippen molar-refractivity contribution in [1.82, 2.24) is 9.97 Å². The summed E-state index contributed by atoms with van der Waals surface area (Å²) in [4.78, 5) is 9.78. The largest absolute Gasteiger partial charge is 0.367 e. The summed E-state index contributed by atoms with van der Waals surface area (Å²) in [6.07, 6.45) is 4.06. The Bertz CT molecular complexity index is 780. The third-order valence-corrected chi connectivity index (χ3v) is 4.67. The van der Waals surface area contributed by atoms with Gasteiger partial charge in [0.15, 0.2) is 0 Å². The van der Waals surface area contributed by atoms with E-state index in [1.165, 1.54) is 12.8 Å². The number of nitrogens with one attached hydrogen (secondary N) is 1. The highest BCUT2D eigenvalue weighted by molar-refractivity contribution is 7.17. The van der Waals surface area contributed by atoms with Crippen LogP contribution in [0.25, 0.3) is 21.3 Å². The van der Waals surface area contributed by atoms with E-state index in [4.69, 9.17) is 11.6 Å². The number of hydrogen-bond donors (Lipinski definition) is 1. The quantitative estimate of drug-likeness (QED) is 0.769. The summed E-state index contributed by atoms with van der Waals surface area (Å²) in [5, 5.41) is 7.44. The van der Waals surface area contributed by atoms with Gasteiger partial charge in [-0.1, -0.05) is 29.8 Å². The van der Waals surface area contributed by atoms with Gasteiger partial charge in [-0.3, -0.25) is 0 Å². The Labute approximate surface area is 125 Å². The lowest BCUT2D eigenvalue weighted by molar-refractivity contribution is 1.11. The molecule has 0 radical (unpaired) electrons. The van der Waals surface area contributed by atoms with Gasteiger partial charge >= 0.3 is 0 Å². The topological polar surface area (TPSA) is 37.8 Å². The molecule has 0 bridgehead atoms. The molecule has 2 heterocycles. The Morgan fingerprint density at radius 1 is 1.15 bits per heavy atom. The van der Waals surface area contributed by atoms with E-state index in [-0.39, 0.29) is 0 Å². The first kappa shape index (κ1) is 12.1. The Hall–Kier alpha value is -1.65. The van der Waals surface area contributed by atoms with E-state index >= 15 is 0 Å². The van der Waals surface area contributed by atoms with Crippen LogP contribution < -0.4 is 5.32 Å². The minimum absolute atomic E-state index is 0.562. The maximum atomic E-state index is 6.33. The van der Waals surface area contributed by atoms with Gasteiger partial charge in [0, 0.05) is 27.6 Å². The highest BCUT2D eigenvalue weighted by Gasteiger charge is 2.23. The fourth-order valence-electron chi connectivity index (χ4n) is 2.28. The smallest absolute Gasteiger partial charge is 0.139 e. The molecule has 0 atom stereocenters. The number of hydrogen-bond acceptors (Lipinski definition) is 4. The van der Waals surface area contributed by atoms with Crippen LogP contribution in [0.1, 0.15) is 12.8 Å². The number of aromatic nitrogens is 2. The highest BCUT2D eigenvalue weighted by atomic mass is 35.5. The summed E-state index contributed by atoms with van der Waals surface area (Å²) in [5.41, 5.74) is 2.15. The fourth-order valence-corrected chi connectivity index (χ4v) is 3.43. The molecule has 100 valence electrons. The van der Waals surface area contributed by atoms with Crippen LogP contribution in [0.15, 0.2) is 36.0 Å². The van der Waals surface area contributed by atoms with Gasteiger partial charge in [0.25, 0.3) is 0 Å². The van der Waals surface area contributed by atoms with Crippen LogP contribution in [0.5, 0.6) is 0 Å². The molecule has 1 saturated carbocycles. The summed E-state index contributed by atoms with van der Waals surface area (Å²) >= 11 is 7.96. The van der Waals surface area contributed by atoms with E-state index in [2.05, 4.69) is 20.7 Å². The van der Waals surface area contributed by atoms with E-state index < -0.39 is 0 Å². The van der Waals surface area contributed by atoms with E-state index in [0.717, 1.165) is 32.2 Å². The molecule has 1 fully saturated rings. The second-order valence-electron chi connectivity index (χ2n) is 4.95. The molecule has 0 saturated heterocycles. The summed E-state index contributed by atoms with van der Waals surface area (Å²) in [7, 11) is 0. The minimum Gasteiger partial charge on any atom is -0.367 e. The Morgan fingerprint density at radius 3 is 2.80 bits per heavy atom. The highest BCUT2D eigenvalue weighted by Crippen LogP contribution is 2.40. The van der Waals surface area contributed by atoms with Crippen molar-refractivity contribution in [3.8, 4) is 11.1 Å². The SMILES string of the molecule is Clc1ccccc1-c1csc2ncnc(NC3CC3)c12. The van der Waals surface area contributed by atoms with Gasteiger partial charge < -0.3 is 5.32 Å². The minimum atomic E-state index is 0.562. The first-order valence-electron chi connectivity index (χ1n) is 6.56. The van der Waals surface area contributed by atoms with Crippen LogP contribution in [0, 0.1) is 0 Å². The van der Waals surface area contributed by atoms with Gasteiger partial charge in [-0.25, -0.2) is 9.97 Å². The van der Waals surface area contributed by atoms with Crippen molar-refractivity contribution < 1.29 is 0 Å². The van der Waals surface area contributed by atoms with Crippen molar-refractivity contribution in [3.05, 3.63) is 41.0 Å². The van der Waals surface area contributed by atoms with E-state index in [0.29, 0.717) is 6.04 Å². The summed E-state index contributed by atoms with van der Waals surface area (Å²) in [6.45, 7) is 0. The molecule has 3 aromatic rings. The summed E-state index contributed by atoms with van der Waals surface area (Å²) in [6, 6.07) is 8.46. The van der Waals surface area contributed by atoms with Crippen LogP contribution in [0.2, 0.25) is 5.02 Å². The van der Waals surface area contributed by atoms with Crippen molar-refractivity contribution in [3.63, 3.8) is 0 Å². The van der Waals surface area contributed by atoms with Gasteiger partial charge in [0.05, 0.1) is 5.39 Å². The van der Waals surface area contributed by atoms with Crippen LogP contribution in [0.3, 0.4) is 0 Å². The Morgan fingerprint density at radius 2 is 2.00 bits per heavy atom. The lowest BCUT2D eigenvalue weighted by Crippen LogP contribution is -2.03. The summed E-state index contributed by atoms with van der Waals surface area (Å²) in [5.74, 6) is 0.925. The predicted molar refractivity (Wildman–Crippen MR) is 84.5 cm³/mol. The Kier molecular flexibility index (Phi) is 2.86. The molecule has 0 unspecified atom stereocenters. The van der Waals surface area contributed by atoms with Crippen molar-refractivity contribution in [1.29, 1.82) is 0 Å². The third-order valence-electron chi connectivity index (χ3n) is 3.45. The van der Waals surface area contributed by atoms with Gasteiger partial charge in [-0.05, 0) is 18.9 Å². The molecule has 0 spiro atoms. The lowest BCUT2D eigenvalue weighted by Gasteiger charge is -2.08. The molecular weight excluding hydrogens is 290 g/mol. The zero-order valence-corrected chi connectivity index (χ0v) is 12.2. The second-order valence-corrected chi connectivity index (χ2v) is 6.22. The number of fused-ring (bicyclic) bond motifs is 1. The van der Waals surface area contributed by atoms with E-state index in [1.807, 2.05) is 24.3 Å². The predicted octanol–water partition coefficient (Wildman–Crippen LogP) is 4.59. The molecule has 5 heteroatoms. The fraction of sp³-hybridized carbons (Fsp3) is 0.200. The van der Waals surface area contributed by atoms with Crippen LogP contribution in [-0.4, -0.2) is 16.0 Å².